The average Bonchev–Trinajstić information content (AvgIpc) is 2.61. The van der Waals surface area contributed by atoms with E-state index in [2.05, 4.69) is 5.32 Å². The summed E-state index contributed by atoms with van der Waals surface area (Å²) in [5.41, 5.74) is 0.768. The van der Waals surface area contributed by atoms with Crippen LogP contribution in [-0.4, -0.2) is 37.0 Å². The molecule has 24 heavy (non-hydrogen) atoms. The van der Waals surface area contributed by atoms with Crippen LogP contribution in [0.5, 0.6) is 0 Å². The van der Waals surface area contributed by atoms with Crippen LogP contribution in [0.3, 0.4) is 0 Å². The highest BCUT2D eigenvalue weighted by Gasteiger charge is 2.47. The Hall–Kier alpha value is -1.40. The van der Waals surface area contributed by atoms with Crippen molar-refractivity contribution in [3.8, 4) is 0 Å². The van der Waals surface area contributed by atoms with Crippen molar-refractivity contribution in [1.29, 1.82) is 0 Å². The number of carbonyl (C=O) groups is 1. The van der Waals surface area contributed by atoms with Crippen molar-refractivity contribution in [2.45, 2.75) is 45.1 Å². The minimum Gasteiger partial charge on any atom is -0.326 e. The van der Waals surface area contributed by atoms with Crippen LogP contribution in [0.25, 0.3) is 0 Å². The second-order valence-corrected chi connectivity index (χ2v) is 8.99. The minimum absolute atomic E-state index is 0.0497. The van der Waals surface area contributed by atoms with Gasteiger partial charge < -0.3 is 5.32 Å². The Morgan fingerprint density at radius 3 is 2.67 bits per heavy atom. The predicted molar refractivity (Wildman–Crippen MR) is 95.1 cm³/mol. The molecule has 3 fully saturated rings. The summed E-state index contributed by atoms with van der Waals surface area (Å²) in [6, 6.07) is 9.19. The highest BCUT2D eigenvalue weighted by atomic mass is 32.2. The highest BCUT2D eigenvalue weighted by Crippen LogP contribution is 2.41. The minimum atomic E-state index is -3.26. The van der Waals surface area contributed by atoms with Gasteiger partial charge in [0.05, 0.1) is 11.7 Å². The summed E-state index contributed by atoms with van der Waals surface area (Å²) in [6.45, 7) is 2.58. The van der Waals surface area contributed by atoms with Gasteiger partial charge in [0, 0.05) is 18.3 Å². The lowest BCUT2D eigenvalue weighted by molar-refractivity contribution is -0.125. The quantitative estimate of drug-likeness (QED) is 0.858. The fraction of sp³-hybridized carbons (Fsp3) is 0.611. The van der Waals surface area contributed by atoms with Gasteiger partial charge in [-0.2, -0.15) is 4.31 Å². The van der Waals surface area contributed by atoms with Gasteiger partial charge in [0.15, 0.2) is 0 Å². The van der Waals surface area contributed by atoms with E-state index in [-0.39, 0.29) is 23.6 Å². The molecule has 4 rings (SSSR count). The molecular weight excluding hydrogens is 324 g/mol. The molecule has 0 unspecified atom stereocenters. The van der Waals surface area contributed by atoms with Crippen molar-refractivity contribution in [3.63, 3.8) is 0 Å². The van der Waals surface area contributed by atoms with E-state index in [4.69, 9.17) is 0 Å². The van der Waals surface area contributed by atoms with Crippen molar-refractivity contribution in [1.82, 2.24) is 4.31 Å². The second-order valence-electron chi connectivity index (χ2n) is 6.95. The summed E-state index contributed by atoms with van der Waals surface area (Å²) in [7, 11) is -3.26. The summed E-state index contributed by atoms with van der Waals surface area (Å²) in [6.07, 6.45) is 4.15. The number of piperidine rings is 2. The summed E-state index contributed by atoms with van der Waals surface area (Å²) in [5, 5.41) is 2.95. The maximum Gasteiger partial charge on any atom is 0.229 e. The molecule has 0 spiro atoms. The van der Waals surface area contributed by atoms with Crippen LogP contribution < -0.4 is 5.32 Å². The monoisotopic (exact) mass is 350 g/mol. The van der Waals surface area contributed by atoms with Crippen LogP contribution in [0.1, 0.15) is 39.0 Å². The van der Waals surface area contributed by atoms with E-state index < -0.39 is 10.0 Å². The van der Waals surface area contributed by atoms with Gasteiger partial charge in [-0.15, -0.1) is 0 Å². The standard InChI is InChI=1S/C18H26N2O3S/c1-2-3-11-24(22,23)20-13-14-9-10-17(20)16(12-14)18(21)19-15-7-5-4-6-8-15/h4-8,14,16-17H,2-3,9-13H2,1H3,(H,19,21)/t14-,16+,17+/m0/s1. The van der Waals surface area contributed by atoms with Gasteiger partial charge in [0.2, 0.25) is 15.9 Å². The average molecular weight is 350 g/mol. The lowest BCUT2D eigenvalue weighted by Crippen LogP contribution is -2.58. The summed E-state index contributed by atoms with van der Waals surface area (Å²) in [5.74, 6) is 0.207. The molecule has 1 saturated carbocycles. The molecule has 0 radical (unpaired) electrons. The number of anilines is 1. The number of carbonyl (C=O) groups excluding carboxylic acids is 1. The summed E-state index contributed by atoms with van der Waals surface area (Å²) >= 11 is 0. The number of nitrogens with one attached hydrogen (secondary N) is 1. The zero-order valence-corrected chi connectivity index (χ0v) is 15.0. The van der Waals surface area contributed by atoms with E-state index in [9.17, 15) is 13.2 Å². The zero-order chi connectivity index (χ0) is 17.2. The Morgan fingerprint density at radius 2 is 2.00 bits per heavy atom. The van der Waals surface area contributed by atoms with Crippen LogP contribution in [0.2, 0.25) is 0 Å². The number of hydrogen-bond acceptors (Lipinski definition) is 3. The van der Waals surface area contributed by atoms with Crippen molar-refractivity contribution >= 4 is 21.6 Å². The Kier molecular flexibility index (Phi) is 5.25. The van der Waals surface area contributed by atoms with E-state index in [0.29, 0.717) is 18.9 Å². The number of sulfonamides is 1. The zero-order valence-electron chi connectivity index (χ0n) is 14.1. The van der Waals surface area contributed by atoms with Gasteiger partial charge in [0.25, 0.3) is 0 Å². The van der Waals surface area contributed by atoms with Gasteiger partial charge in [-0.1, -0.05) is 31.5 Å². The lowest BCUT2D eigenvalue weighted by Gasteiger charge is -2.48. The number of nitrogens with zero attached hydrogens (tertiary/aromatic N) is 1. The topological polar surface area (TPSA) is 66.5 Å². The molecule has 0 aromatic heterocycles. The molecule has 2 aliphatic heterocycles. The number of para-hydroxylation sites is 1. The highest BCUT2D eigenvalue weighted by molar-refractivity contribution is 7.89. The van der Waals surface area contributed by atoms with Crippen molar-refractivity contribution in [2.24, 2.45) is 11.8 Å². The molecule has 3 aliphatic rings. The fourth-order valence-corrected chi connectivity index (χ4v) is 5.93. The molecular formula is C18H26N2O3S. The van der Waals surface area contributed by atoms with Gasteiger partial charge in [0.1, 0.15) is 0 Å². The van der Waals surface area contributed by atoms with E-state index in [1.165, 1.54) is 0 Å². The normalized spacial score (nSPS) is 27.1. The molecule has 2 saturated heterocycles. The Labute approximate surface area is 144 Å². The predicted octanol–water partition coefficient (Wildman–Crippen LogP) is 2.86. The Balaban J connectivity index is 1.74. The molecule has 2 bridgehead atoms. The Bertz CT molecular complexity index is 675. The molecule has 2 heterocycles. The smallest absolute Gasteiger partial charge is 0.229 e. The molecule has 5 nitrogen and oxygen atoms in total. The number of amides is 1. The van der Waals surface area contributed by atoms with Gasteiger partial charge in [-0.05, 0) is 43.7 Å². The Morgan fingerprint density at radius 1 is 1.25 bits per heavy atom. The molecule has 1 amide bonds. The van der Waals surface area contributed by atoms with E-state index in [1.807, 2.05) is 37.3 Å². The van der Waals surface area contributed by atoms with E-state index in [0.717, 1.165) is 31.4 Å². The number of hydrogen-bond donors (Lipinski definition) is 1. The number of unbranched alkanes of at least 4 members (excludes halogenated alkanes) is 1. The van der Waals surface area contributed by atoms with Crippen LogP contribution >= 0.6 is 0 Å². The molecule has 1 aromatic rings. The third-order valence-corrected chi connectivity index (χ3v) is 7.16. The fourth-order valence-electron chi connectivity index (χ4n) is 3.94. The van der Waals surface area contributed by atoms with Crippen molar-refractivity contribution in [3.05, 3.63) is 30.3 Å². The first-order valence-corrected chi connectivity index (χ1v) is 10.5. The molecule has 1 N–H and O–H groups in total. The largest absolute Gasteiger partial charge is 0.326 e. The summed E-state index contributed by atoms with van der Waals surface area (Å²) < 4.78 is 26.9. The van der Waals surface area contributed by atoms with Gasteiger partial charge in [-0.3, -0.25) is 4.79 Å². The first kappa shape index (κ1) is 17.4. The molecule has 1 aromatic carbocycles. The van der Waals surface area contributed by atoms with Crippen LogP contribution in [0.15, 0.2) is 30.3 Å². The maximum absolute atomic E-state index is 12.7. The molecule has 6 heteroatoms. The summed E-state index contributed by atoms with van der Waals surface area (Å²) in [4.78, 5) is 12.7. The third kappa shape index (κ3) is 3.64. The third-order valence-electron chi connectivity index (χ3n) is 5.22. The van der Waals surface area contributed by atoms with Crippen LogP contribution in [0, 0.1) is 11.8 Å². The molecule has 132 valence electrons. The molecule has 3 atom stereocenters. The van der Waals surface area contributed by atoms with E-state index in [1.54, 1.807) is 4.31 Å². The first-order valence-electron chi connectivity index (χ1n) is 8.86. The number of benzene rings is 1. The second kappa shape index (κ2) is 7.23. The number of fused-ring (bicyclic) bond motifs is 3. The van der Waals surface area contributed by atoms with Crippen molar-refractivity contribution < 1.29 is 13.2 Å². The maximum atomic E-state index is 12.7. The number of rotatable bonds is 6. The van der Waals surface area contributed by atoms with Crippen LogP contribution in [-0.2, 0) is 14.8 Å². The van der Waals surface area contributed by atoms with E-state index >= 15 is 0 Å². The first-order chi connectivity index (χ1) is 11.5. The van der Waals surface area contributed by atoms with Gasteiger partial charge in [-0.25, -0.2) is 8.42 Å². The van der Waals surface area contributed by atoms with Crippen LogP contribution in [0.4, 0.5) is 5.69 Å². The van der Waals surface area contributed by atoms with Crippen molar-refractivity contribution in [2.75, 3.05) is 17.6 Å². The lowest BCUT2D eigenvalue weighted by atomic mass is 9.73. The molecule has 1 aliphatic carbocycles. The van der Waals surface area contributed by atoms with Gasteiger partial charge >= 0.3 is 0 Å². The SMILES string of the molecule is CCCCS(=O)(=O)N1C[C@H]2CC[C@@H]1[C@H](C(=O)Nc1ccccc1)C2.